The van der Waals surface area contributed by atoms with Crippen LogP contribution in [0.3, 0.4) is 0 Å². The lowest BCUT2D eigenvalue weighted by atomic mass is 10.0. The minimum atomic E-state index is 0.261. The summed E-state index contributed by atoms with van der Waals surface area (Å²) in [6.07, 6.45) is 2.43. The Balaban J connectivity index is 1.94. The normalized spacial score (nSPS) is 31.7. The topological polar surface area (TPSA) is 26.8 Å². The van der Waals surface area contributed by atoms with E-state index in [1.54, 1.807) is 0 Å². The van der Waals surface area contributed by atoms with Gasteiger partial charge >= 0.3 is 6.03 Å². The number of likely N-dealkylation sites (tertiary alicyclic amines) is 1. The highest BCUT2D eigenvalue weighted by atomic mass is 16.2. The molecule has 2 rings (SSSR count). The van der Waals surface area contributed by atoms with E-state index in [2.05, 4.69) is 35.6 Å². The average Bonchev–Trinajstić information content (AvgIpc) is 2.28. The van der Waals surface area contributed by atoms with Crippen LogP contribution >= 0.6 is 0 Å². The van der Waals surface area contributed by atoms with E-state index in [9.17, 15) is 4.79 Å². The Hall–Kier alpha value is -0.770. The monoisotopic (exact) mass is 239 g/mol. The number of carbonyl (C=O) groups excluding carboxylic acids is 1. The third-order valence-corrected chi connectivity index (χ3v) is 4.00. The number of nitrogens with zero attached hydrogens (tertiary/aromatic N) is 3. The van der Waals surface area contributed by atoms with Gasteiger partial charge in [0, 0.05) is 38.8 Å². The second-order valence-corrected chi connectivity index (χ2v) is 5.78. The quantitative estimate of drug-likeness (QED) is 0.640. The smallest absolute Gasteiger partial charge is 0.320 e. The van der Waals surface area contributed by atoms with Crippen molar-refractivity contribution in [2.24, 2.45) is 5.92 Å². The molecular weight excluding hydrogens is 214 g/mol. The molecule has 2 atom stereocenters. The van der Waals surface area contributed by atoms with Crippen LogP contribution in [0.2, 0.25) is 0 Å². The number of urea groups is 1. The molecule has 4 nitrogen and oxygen atoms in total. The molecule has 2 saturated heterocycles. The Morgan fingerprint density at radius 2 is 1.88 bits per heavy atom. The fourth-order valence-corrected chi connectivity index (χ4v) is 2.97. The van der Waals surface area contributed by atoms with Crippen LogP contribution in [0.4, 0.5) is 4.79 Å². The first-order valence-electron chi connectivity index (χ1n) is 6.82. The molecule has 0 aromatic heterocycles. The molecule has 2 fully saturated rings. The largest absolute Gasteiger partial charge is 0.324 e. The maximum atomic E-state index is 12.4. The van der Waals surface area contributed by atoms with E-state index < -0.39 is 0 Å². The summed E-state index contributed by atoms with van der Waals surface area (Å²) in [6, 6.07) is 0.607. The van der Waals surface area contributed by atoms with Crippen molar-refractivity contribution in [1.82, 2.24) is 14.7 Å². The van der Waals surface area contributed by atoms with Crippen molar-refractivity contribution in [2.45, 2.75) is 32.7 Å². The van der Waals surface area contributed by atoms with Gasteiger partial charge in [-0.3, -0.25) is 0 Å². The Morgan fingerprint density at radius 3 is 2.53 bits per heavy atom. The summed E-state index contributed by atoms with van der Waals surface area (Å²) in [5, 5.41) is 0. The number of carbonyl (C=O) groups is 1. The van der Waals surface area contributed by atoms with Gasteiger partial charge in [0.2, 0.25) is 0 Å². The van der Waals surface area contributed by atoms with Crippen LogP contribution in [-0.4, -0.2) is 66.5 Å². The van der Waals surface area contributed by atoms with E-state index in [1.165, 1.54) is 6.42 Å². The summed E-state index contributed by atoms with van der Waals surface area (Å²) in [5.41, 5.74) is 0. The third-order valence-electron chi connectivity index (χ3n) is 4.00. The van der Waals surface area contributed by atoms with Crippen LogP contribution in [0.5, 0.6) is 0 Å². The molecule has 2 aliphatic heterocycles. The molecule has 0 saturated carbocycles. The summed E-state index contributed by atoms with van der Waals surface area (Å²) < 4.78 is 0. The zero-order valence-corrected chi connectivity index (χ0v) is 11.4. The van der Waals surface area contributed by atoms with E-state index >= 15 is 0 Å². The highest BCUT2D eigenvalue weighted by Crippen LogP contribution is 2.19. The second kappa shape index (κ2) is 5.25. The standard InChI is InChI=1S/C13H25N3O/c1-11-5-4-6-15(9-11)13(17)16-8-7-14(3)10-12(16)2/h11-12H,4-10H2,1-3H3. The highest BCUT2D eigenvalue weighted by Gasteiger charge is 2.30. The summed E-state index contributed by atoms with van der Waals surface area (Å²) in [7, 11) is 2.13. The molecule has 0 radical (unpaired) electrons. The minimum Gasteiger partial charge on any atom is -0.324 e. The number of piperazine rings is 1. The zero-order chi connectivity index (χ0) is 12.4. The van der Waals surface area contributed by atoms with Crippen molar-refractivity contribution in [3.63, 3.8) is 0 Å². The summed E-state index contributed by atoms with van der Waals surface area (Å²) >= 11 is 0. The maximum Gasteiger partial charge on any atom is 0.320 e. The fourth-order valence-electron chi connectivity index (χ4n) is 2.97. The molecule has 0 aliphatic carbocycles. The Labute approximate surface area is 105 Å². The van der Waals surface area contributed by atoms with Crippen LogP contribution in [0.15, 0.2) is 0 Å². The number of rotatable bonds is 0. The number of amides is 2. The van der Waals surface area contributed by atoms with Crippen molar-refractivity contribution in [1.29, 1.82) is 0 Å². The Bertz CT molecular complexity index is 282. The number of likely N-dealkylation sites (N-methyl/N-ethyl adjacent to an activating group) is 1. The Kier molecular flexibility index (Phi) is 3.92. The van der Waals surface area contributed by atoms with Gasteiger partial charge in [-0.1, -0.05) is 6.92 Å². The average molecular weight is 239 g/mol. The van der Waals surface area contributed by atoms with Gasteiger partial charge in [0.25, 0.3) is 0 Å². The first-order chi connectivity index (χ1) is 8.08. The van der Waals surface area contributed by atoms with Gasteiger partial charge in [0.15, 0.2) is 0 Å². The molecule has 4 heteroatoms. The highest BCUT2D eigenvalue weighted by molar-refractivity contribution is 5.75. The van der Waals surface area contributed by atoms with Gasteiger partial charge < -0.3 is 14.7 Å². The second-order valence-electron chi connectivity index (χ2n) is 5.78. The summed E-state index contributed by atoms with van der Waals surface area (Å²) in [6.45, 7) is 9.16. The molecule has 98 valence electrons. The molecule has 0 aromatic carbocycles. The number of hydrogen-bond acceptors (Lipinski definition) is 2. The van der Waals surface area contributed by atoms with Gasteiger partial charge in [0.05, 0.1) is 0 Å². The molecule has 2 unspecified atom stereocenters. The third kappa shape index (κ3) is 2.92. The first kappa shape index (κ1) is 12.7. The van der Waals surface area contributed by atoms with Crippen LogP contribution in [0.25, 0.3) is 0 Å². The van der Waals surface area contributed by atoms with Crippen molar-refractivity contribution < 1.29 is 4.79 Å². The summed E-state index contributed by atoms with van der Waals surface area (Å²) in [5.74, 6) is 0.662. The lowest BCUT2D eigenvalue weighted by molar-refractivity contribution is 0.0814. The number of piperidine rings is 1. The van der Waals surface area contributed by atoms with Crippen LogP contribution in [0.1, 0.15) is 26.7 Å². The number of hydrogen-bond donors (Lipinski definition) is 0. The SMILES string of the molecule is CC1CCCN(C(=O)N2CCN(C)CC2C)C1. The lowest BCUT2D eigenvalue weighted by Gasteiger charge is -2.42. The molecule has 0 spiro atoms. The molecule has 0 N–H and O–H groups in total. The summed E-state index contributed by atoms with van der Waals surface area (Å²) in [4.78, 5) is 18.9. The molecule has 2 heterocycles. The molecule has 0 aromatic rings. The van der Waals surface area contributed by atoms with Crippen LogP contribution < -0.4 is 0 Å². The van der Waals surface area contributed by atoms with Crippen LogP contribution in [-0.2, 0) is 0 Å². The molecule has 0 bridgehead atoms. The van der Waals surface area contributed by atoms with E-state index in [0.717, 1.165) is 39.1 Å². The van der Waals surface area contributed by atoms with Crippen molar-refractivity contribution >= 4 is 6.03 Å². The van der Waals surface area contributed by atoms with Crippen molar-refractivity contribution in [2.75, 3.05) is 39.8 Å². The van der Waals surface area contributed by atoms with E-state index in [1.807, 2.05) is 0 Å². The van der Waals surface area contributed by atoms with Gasteiger partial charge in [-0.25, -0.2) is 4.79 Å². The maximum absolute atomic E-state index is 12.4. The zero-order valence-electron chi connectivity index (χ0n) is 11.4. The molecule has 2 amide bonds. The van der Waals surface area contributed by atoms with E-state index in [-0.39, 0.29) is 6.03 Å². The van der Waals surface area contributed by atoms with Crippen molar-refractivity contribution in [3.05, 3.63) is 0 Å². The van der Waals surface area contributed by atoms with Crippen LogP contribution in [0, 0.1) is 5.92 Å². The van der Waals surface area contributed by atoms with Gasteiger partial charge in [0.1, 0.15) is 0 Å². The molecule has 17 heavy (non-hydrogen) atoms. The van der Waals surface area contributed by atoms with Crippen molar-refractivity contribution in [3.8, 4) is 0 Å². The van der Waals surface area contributed by atoms with Gasteiger partial charge in [-0.2, -0.15) is 0 Å². The molecular formula is C13H25N3O. The predicted octanol–water partition coefficient (Wildman–Crippen LogP) is 1.47. The first-order valence-corrected chi connectivity index (χ1v) is 6.82. The van der Waals surface area contributed by atoms with Gasteiger partial charge in [-0.05, 0) is 32.7 Å². The molecule has 2 aliphatic rings. The van der Waals surface area contributed by atoms with E-state index in [4.69, 9.17) is 0 Å². The predicted molar refractivity (Wildman–Crippen MR) is 69.0 cm³/mol. The minimum absolute atomic E-state index is 0.261. The van der Waals surface area contributed by atoms with E-state index in [0.29, 0.717) is 12.0 Å². The Morgan fingerprint density at radius 1 is 1.12 bits per heavy atom. The lowest BCUT2D eigenvalue weighted by Crippen LogP contribution is -2.57. The fraction of sp³-hybridized carbons (Fsp3) is 0.923. The van der Waals surface area contributed by atoms with Gasteiger partial charge in [-0.15, -0.1) is 0 Å².